The van der Waals surface area contributed by atoms with Crippen molar-refractivity contribution in [1.29, 1.82) is 0 Å². The summed E-state index contributed by atoms with van der Waals surface area (Å²) >= 11 is 13.4. The summed E-state index contributed by atoms with van der Waals surface area (Å²) in [6.07, 6.45) is 1.76. The summed E-state index contributed by atoms with van der Waals surface area (Å²) in [7, 11) is 1.64. The molecule has 3 aromatic rings. The fourth-order valence-corrected chi connectivity index (χ4v) is 4.83. The lowest BCUT2D eigenvalue weighted by Crippen LogP contribution is -2.23. The number of hydrogen-bond donors (Lipinski definition) is 1. The average Bonchev–Trinajstić information content (AvgIpc) is 3.08. The van der Waals surface area contributed by atoms with Crippen LogP contribution in [-0.4, -0.2) is 34.1 Å². The number of nitrogens with zero attached hydrogens (tertiary/aromatic N) is 2. The number of carboxylic acids is 1. The van der Waals surface area contributed by atoms with E-state index in [9.17, 15) is 14.7 Å². The maximum Gasteiger partial charge on any atom is 0.336 e. The largest absolute Gasteiger partial charge is 0.488 e. The molecule has 0 bridgehead atoms. The van der Waals surface area contributed by atoms with Crippen LogP contribution >= 0.6 is 35.0 Å². The van der Waals surface area contributed by atoms with E-state index in [0.29, 0.717) is 37.1 Å². The second-order valence-electron chi connectivity index (χ2n) is 7.69. The normalized spacial score (nSPS) is 15.8. The number of ether oxygens (including phenoxy) is 1. The number of carbonyl (C=O) groups is 2. The molecule has 35 heavy (non-hydrogen) atoms. The third-order valence-electron chi connectivity index (χ3n) is 5.36. The highest BCUT2D eigenvalue weighted by atomic mass is 35.5. The number of para-hydroxylation sites is 1. The van der Waals surface area contributed by atoms with Crippen LogP contribution in [0.1, 0.15) is 27.0 Å². The maximum atomic E-state index is 12.9. The van der Waals surface area contributed by atoms with E-state index in [1.165, 1.54) is 22.7 Å². The lowest BCUT2D eigenvalue weighted by Gasteiger charge is -2.11. The third kappa shape index (κ3) is 5.53. The molecule has 0 aliphatic carbocycles. The van der Waals surface area contributed by atoms with Gasteiger partial charge in [-0.05, 0) is 60.7 Å². The molecule has 0 saturated carbocycles. The minimum absolute atomic E-state index is 0.173. The SMILES string of the molecule is Cc1c(N=C2S/C(=C\c3ccccc3OCc3ccc(Cl)cc3Cl)C(=O)N2C)cccc1C(=O)O. The summed E-state index contributed by atoms with van der Waals surface area (Å²) in [5, 5.41) is 10.9. The fourth-order valence-electron chi connectivity index (χ4n) is 3.40. The highest BCUT2D eigenvalue weighted by molar-refractivity contribution is 8.18. The average molecular weight is 527 g/mol. The molecule has 0 radical (unpaired) electrons. The molecule has 0 atom stereocenters. The van der Waals surface area contributed by atoms with Crippen molar-refractivity contribution in [3.05, 3.63) is 97.9 Å². The molecule has 1 amide bonds. The molecule has 178 valence electrons. The summed E-state index contributed by atoms with van der Waals surface area (Å²) < 4.78 is 6.00. The van der Waals surface area contributed by atoms with E-state index in [2.05, 4.69) is 4.99 Å². The van der Waals surface area contributed by atoms with Gasteiger partial charge in [-0.3, -0.25) is 9.69 Å². The molecular formula is C26H20Cl2N2O4S. The first-order chi connectivity index (χ1) is 16.7. The van der Waals surface area contributed by atoms with Gasteiger partial charge in [0.05, 0.1) is 16.2 Å². The number of aromatic carboxylic acids is 1. The predicted octanol–water partition coefficient (Wildman–Crippen LogP) is 6.81. The summed E-state index contributed by atoms with van der Waals surface area (Å²) in [5.41, 5.74) is 2.72. The molecule has 1 saturated heterocycles. The maximum absolute atomic E-state index is 12.9. The molecule has 1 aliphatic heterocycles. The summed E-state index contributed by atoms with van der Waals surface area (Å²) in [4.78, 5) is 30.8. The van der Waals surface area contributed by atoms with Gasteiger partial charge in [-0.2, -0.15) is 0 Å². The van der Waals surface area contributed by atoms with Crippen molar-refractivity contribution in [3.63, 3.8) is 0 Å². The van der Waals surface area contributed by atoms with Crippen molar-refractivity contribution in [2.75, 3.05) is 7.05 Å². The van der Waals surface area contributed by atoms with Crippen molar-refractivity contribution in [2.45, 2.75) is 13.5 Å². The Morgan fingerprint density at radius 1 is 1.14 bits per heavy atom. The van der Waals surface area contributed by atoms with E-state index in [1.807, 2.05) is 24.3 Å². The van der Waals surface area contributed by atoms with E-state index in [0.717, 1.165) is 11.1 Å². The fraction of sp³-hybridized carbons (Fsp3) is 0.115. The van der Waals surface area contributed by atoms with E-state index in [1.54, 1.807) is 50.4 Å². The zero-order valence-electron chi connectivity index (χ0n) is 18.8. The minimum Gasteiger partial charge on any atom is -0.488 e. The number of rotatable bonds is 6. The molecule has 1 N–H and O–H groups in total. The highest BCUT2D eigenvalue weighted by Gasteiger charge is 2.31. The van der Waals surface area contributed by atoms with Gasteiger partial charge in [0.1, 0.15) is 12.4 Å². The minimum atomic E-state index is -1.02. The van der Waals surface area contributed by atoms with Crippen molar-refractivity contribution in [1.82, 2.24) is 4.90 Å². The molecule has 4 rings (SSSR count). The number of thioether (sulfide) groups is 1. The van der Waals surface area contributed by atoms with Crippen LogP contribution in [-0.2, 0) is 11.4 Å². The Hall–Kier alpha value is -3.26. The molecule has 3 aromatic carbocycles. The number of halogens is 2. The first kappa shape index (κ1) is 24.9. The number of aliphatic imine (C=N–C) groups is 1. The quantitative estimate of drug-likeness (QED) is 0.356. The van der Waals surface area contributed by atoms with E-state index in [4.69, 9.17) is 27.9 Å². The van der Waals surface area contributed by atoms with Crippen LogP contribution in [0.15, 0.2) is 70.6 Å². The topological polar surface area (TPSA) is 79.2 Å². The third-order valence-corrected chi connectivity index (χ3v) is 7.01. The van der Waals surface area contributed by atoms with Crippen LogP contribution in [0.2, 0.25) is 10.0 Å². The van der Waals surface area contributed by atoms with Crippen molar-refractivity contribution in [2.24, 2.45) is 4.99 Å². The van der Waals surface area contributed by atoms with E-state index >= 15 is 0 Å². The molecule has 6 nitrogen and oxygen atoms in total. The molecule has 1 aliphatic rings. The van der Waals surface area contributed by atoms with E-state index in [-0.39, 0.29) is 18.1 Å². The Morgan fingerprint density at radius 2 is 1.91 bits per heavy atom. The zero-order valence-corrected chi connectivity index (χ0v) is 21.1. The summed E-state index contributed by atoms with van der Waals surface area (Å²) in [6.45, 7) is 1.94. The van der Waals surface area contributed by atoms with Gasteiger partial charge < -0.3 is 9.84 Å². The van der Waals surface area contributed by atoms with Gasteiger partial charge in [0.25, 0.3) is 5.91 Å². The Morgan fingerprint density at radius 3 is 2.66 bits per heavy atom. The summed E-state index contributed by atoms with van der Waals surface area (Å²) in [5.74, 6) is -0.640. The van der Waals surface area contributed by atoms with Gasteiger partial charge in [-0.1, -0.05) is 53.5 Å². The molecule has 0 aromatic heterocycles. The first-order valence-electron chi connectivity index (χ1n) is 10.5. The lowest BCUT2D eigenvalue weighted by atomic mass is 10.1. The number of likely N-dealkylation sites (N-methyl/N-ethyl adjacent to an activating group) is 1. The zero-order chi connectivity index (χ0) is 25.1. The first-order valence-corrected chi connectivity index (χ1v) is 12.1. The Labute approximate surface area is 216 Å². The smallest absolute Gasteiger partial charge is 0.336 e. The highest BCUT2D eigenvalue weighted by Crippen LogP contribution is 2.36. The molecule has 1 fully saturated rings. The van der Waals surface area contributed by atoms with Gasteiger partial charge in [0.2, 0.25) is 0 Å². The summed E-state index contributed by atoms with van der Waals surface area (Å²) in [6, 6.07) is 17.5. The van der Waals surface area contributed by atoms with Crippen LogP contribution < -0.4 is 4.74 Å². The number of hydrogen-bond acceptors (Lipinski definition) is 5. The van der Waals surface area contributed by atoms with Gasteiger partial charge in [-0.25, -0.2) is 9.79 Å². The van der Waals surface area contributed by atoms with E-state index < -0.39 is 5.97 Å². The van der Waals surface area contributed by atoms with Crippen LogP contribution in [0.4, 0.5) is 5.69 Å². The second-order valence-corrected chi connectivity index (χ2v) is 9.54. The van der Waals surface area contributed by atoms with Crippen molar-refractivity contribution >= 4 is 63.8 Å². The molecule has 1 heterocycles. The van der Waals surface area contributed by atoms with Crippen LogP contribution in [0.3, 0.4) is 0 Å². The Balaban J connectivity index is 1.59. The Kier molecular flexibility index (Phi) is 7.50. The van der Waals surface area contributed by atoms with Gasteiger partial charge in [0.15, 0.2) is 5.17 Å². The van der Waals surface area contributed by atoms with Crippen LogP contribution in [0.5, 0.6) is 5.75 Å². The second kappa shape index (κ2) is 10.6. The molecule has 0 spiro atoms. The number of benzene rings is 3. The standard InChI is InChI=1S/C26H20Cl2N2O4S/c1-15-19(25(32)33)7-5-8-21(15)29-26-30(2)24(31)23(35-26)12-16-6-3-4-9-22(16)34-14-17-10-11-18(27)13-20(17)28/h3-13H,14H2,1-2H3,(H,32,33)/b23-12-,29-26?. The number of carboxylic acid groups (broad SMARTS) is 1. The van der Waals surface area contributed by atoms with Crippen LogP contribution in [0.25, 0.3) is 6.08 Å². The van der Waals surface area contributed by atoms with Gasteiger partial charge in [0, 0.05) is 28.2 Å². The molecule has 0 unspecified atom stereocenters. The molecule has 9 heteroatoms. The number of amidine groups is 1. The lowest BCUT2D eigenvalue weighted by molar-refractivity contribution is -0.121. The van der Waals surface area contributed by atoms with Crippen molar-refractivity contribution in [3.8, 4) is 5.75 Å². The number of amides is 1. The monoisotopic (exact) mass is 526 g/mol. The van der Waals surface area contributed by atoms with Gasteiger partial charge >= 0.3 is 5.97 Å². The number of carbonyl (C=O) groups excluding carboxylic acids is 1. The Bertz CT molecular complexity index is 1390. The predicted molar refractivity (Wildman–Crippen MR) is 141 cm³/mol. The van der Waals surface area contributed by atoms with Crippen molar-refractivity contribution < 1.29 is 19.4 Å². The molecular weight excluding hydrogens is 507 g/mol. The van der Waals surface area contributed by atoms with Gasteiger partial charge in [-0.15, -0.1) is 0 Å². The van der Waals surface area contributed by atoms with Crippen LogP contribution in [0, 0.1) is 6.92 Å².